The van der Waals surface area contributed by atoms with Gasteiger partial charge in [0, 0.05) is 22.4 Å². The second kappa shape index (κ2) is 8.28. The Bertz CT molecular complexity index is 1390. The van der Waals surface area contributed by atoms with Gasteiger partial charge in [0.1, 0.15) is 11.5 Å². The number of phenols is 2. The minimum Gasteiger partial charge on any atom is -0.508 e. The molecule has 0 unspecified atom stereocenters. The molecule has 0 saturated heterocycles. The molecule has 33 heavy (non-hydrogen) atoms. The van der Waals surface area contributed by atoms with Crippen LogP contribution in [0.15, 0.2) is 84.9 Å². The van der Waals surface area contributed by atoms with Gasteiger partial charge < -0.3 is 15.5 Å². The van der Waals surface area contributed by atoms with E-state index in [1.807, 2.05) is 24.3 Å². The van der Waals surface area contributed by atoms with E-state index in [4.69, 9.17) is 0 Å². The van der Waals surface area contributed by atoms with Gasteiger partial charge in [0.2, 0.25) is 0 Å². The third-order valence-corrected chi connectivity index (χ3v) is 5.93. The van der Waals surface area contributed by atoms with E-state index in [1.54, 1.807) is 48.5 Å². The SMILES string of the molecule is O=C1c2ccccc2C(=O)c2c(Nc3ccc(CCc4cc(O)ccc4O)cc3)cccc21. The number of carbonyl (C=O) groups is 2. The van der Waals surface area contributed by atoms with E-state index < -0.39 is 0 Å². The molecule has 0 bridgehead atoms. The Morgan fingerprint density at radius 1 is 0.667 bits per heavy atom. The van der Waals surface area contributed by atoms with Crippen LogP contribution in [0.3, 0.4) is 0 Å². The molecule has 0 amide bonds. The van der Waals surface area contributed by atoms with Crippen LogP contribution < -0.4 is 5.32 Å². The predicted octanol–water partition coefficient (Wildman–Crippen LogP) is 5.40. The van der Waals surface area contributed by atoms with Gasteiger partial charge in [-0.15, -0.1) is 0 Å². The molecule has 4 aromatic rings. The Morgan fingerprint density at radius 2 is 1.36 bits per heavy atom. The van der Waals surface area contributed by atoms with Gasteiger partial charge in [0.05, 0.1) is 11.3 Å². The summed E-state index contributed by atoms with van der Waals surface area (Å²) in [6, 6.07) is 24.5. The summed E-state index contributed by atoms with van der Waals surface area (Å²) in [5.74, 6) is -0.00911. The lowest BCUT2D eigenvalue weighted by atomic mass is 9.83. The molecule has 0 heterocycles. The number of carbonyl (C=O) groups excluding carboxylic acids is 2. The molecule has 0 spiro atoms. The number of hydrogen-bond acceptors (Lipinski definition) is 5. The molecule has 0 fully saturated rings. The monoisotopic (exact) mass is 435 g/mol. The molecule has 3 N–H and O–H groups in total. The zero-order chi connectivity index (χ0) is 22.9. The van der Waals surface area contributed by atoms with Crippen LogP contribution in [0.25, 0.3) is 0 Å². The molecule has 0 aromatic heterocycles. The van der Waals surface area contributed by atoms with Crippen LogP contribution in [0, 0.1) is 0 Å². The Balaban J connectivity index is 1.36. The normalized spacial score (nSPS) is 12.2. The number of aryl methyl sites for hydroxylation is 2. The van der Waals surface area contributed by atoms with Gasteiger partial charge in [-0.2, -0.15) is 0 Å². The highest BCUT2D eigenvalue weighted by atomic mass is 16.3. The molecule has 1 aliphatic carbocycles. The zero-order valence-corrected chi connectivity index (χ0v) is 17.7. The van der Waals surface area contributed by atoms with Crippen LogP contribution in [0.2, 0.25) is 0 Å². The van der Waals surface area contributed by atoms with E-state index in [2.05, 4.69) is 5.32 Å². The first kappa shape index (κ1) is 20.5. The molecule has 0 radical (unpaired) electrons. The fourth-order valence-electron chi connectivity index (χ4n) is 4.21. The van der Waals surface area contributed by atoms with Gasteiger partial charge in [-0.1, -0.05) is 48.5 Å². The van der Waals surface area contributed by atoms with Crippen molar-refractivity contribution in [2.75, 3.05) is 5.32 Å². The van der Waals surface area contributed by atoms with Crippen molar-refractivity contribution in [3.8, 4) is 11.5 Å². The zero-order valence-electron chi connectivity index (χ0n) is 17.7. The highest BCUT2D eigenvalue weighted by molar-refractivity contribution is 6.30. The summed E-state index contributed by atoms with van der Waals surface area (Å²) in [7, 11) is 0. The number of phenolic OH excluding ortho intramolecular Hbond substituents is 2. The van der Waals surface area contributed by atoms with Crippen LogP contribution in [0.4, 0.5) is 11.4 Å². The van der Waals surface area contributed by atoms with Crippen LogP contribution in [0.1, 0.15) is 43.0 Å². The average molecular weight is 435 g/mol. The number of nitrogens with one attached hydrogen (secondary N) is 1. The lowest BCUT2D eigenvalue weighted by Gasteiger charge is -2.20. The number of fused-ring (bicyclic) bond motifs is 2. The van der Waals surface area contributed by atoms with E-state index in [-0.39, 0.29) is 23.1 Å². The van der Waals surface area contributed by atoms with Gasteiger partial charge in [-0.05, 0) is 60.4 Å². The van der Waals surface area contributed by atoms with Crippen LogP contribution in [-0.2, 0) is 12.8 Å². The first-order chi connectivity index (χ1) is 16.0. The summed E-state index contributed by atoms with van der Waals surface area (Å²) >= 11 is 0. The Kier molecular flexibility index (Phi) is 5.15. The van der Waals surface area contributed by atoms with E-state index in [0.717, 1.165) is 11.3 Å². The maximum Gasteiger partial charge on any atom is 0.196 e. The maximum absolute atomic E-state index is 13.2. The Morgan fingerprint density at radius 3 is 2.12 bits per heavy atom. The second-order valence-corrected chi connectivity index (χ2v) is 8.07. The summed E-state index contributed by atoms with van der Waals surface area (Å²) in [4.78, 5) is 26.1. The standard InChI is InChI=1S/C28H21NO4/c30-20-14-15-25(31)18(16-20)11-8-17-9-12-19(13-10-17)29-24-7-3-6-23-26(24)28(33)22-5-2-1-4-21(22)27(23)32/h1-7,9-10,12-16,29-31H,8,11H2. The van der Waals surface area contributed by atoms with Crippen molar-refractivity contribution < 1.29 is 19.8 Å². The highest BCUT2D eigenvalue weighted by Crippen LogP contribution is 2.33. The average Bonchev–Trinajstić information content (AvgIpc) is 2.84. The van der Waals surface area contributed by atoms with Crippen LogP contribution in [-0.4, -0.2) is 21.8 Å². The van der Waals surface area contributed by atoms with Crippen LogP contribution in [0.5, 0.6) is 11.5 Å². The van der Waals surface area contributed by atoms with Crippen molar-refractivity contribution in [2.24, 2.45) is 0 Å². The van der Waals surface area contributed by atoms with Crippen molar-refractivity contribution in [3.63, 3.8) is 0 Å². The van der Waals surface area contributed by atoms with Crippen molar-refractivity contribution >= 4 is 22.9 Å². The number of hydrogen-bond donors (Lipinski definition) is 3. The summed E-state index contributed by atoms with van der Waals surface area (Å²) in [6.07, 6.45) is 1.29. The molecule has 0 atom stereocenters. The molecule has 5 nitrogen and oxygen atoms in total. The minimum atomic E-state index is -0.161. The van der Waals surface area contributed by atoms with Gasteiger partial charge in [0.25, 0.3) is 0 Å². The van der Waals surface area contributed by atoms with E-state index >= 15 is 0 Å². The topological polar surface area (TPSA) is 86.6 Å². The number of aromatic hydroxyl groups is 2. The molecule has 0 aliphatic heterocycles. The summed E-state index contributed by atoms with van der Waals surface area (Å²) in [5, 5.41) is 22.9. The van der Waals surface area contributed by atoms with Gasteiger partial charge in [-0.25, -0.2) is 0 Å². The van der Waals surface area contributed by atoms with E-state index in [0.29, 0.717) is 46.3 Å². The summed E-state index contributed by atoms with van der Waals surface area (Å²) in [5.41, 5.74) is 4.82. The summed E-state index contributed by atoms with van der Waals surface area (Å²) in [6.45, 7) is 0. The molecule has 5 heteroatoms. The Hall–Kier alpha value is -4.38. The predicted molar refractivity (Wildman–Crippen MR) is 127 cm³/mol. The number of benzene rings is 4. The van der Waals surface area contributed by atoms with Crippen LogP contribution >= 0.6 is 0 Å². The quantitative estimate of drug-likeness (QED) is 0.322. The van der Waals surface area contributed by atoms with Crippen molar-refractivity contribution in [2.45, 2.75) is 12.8 Å². The number of ketones is 2. The number of rotatable bonds is 5. The second-order valence-electron chi connectivity index (χ2n) is 8.07. The van der Waals surface area contributed by atoms with Gasteiger partial charge >= 0.3 is 0 Å². The van der Waals surface area contributed by atoms with Gasteiger partial charge in [-0.3, -0.25) is 9.59 Å². The number of anilines is 2. The largest absolute Gasteiger partial charge is 0.508 e. The fourth-order valence-corrected chi connectivity index (χ4v) is 4.21. The van der Waals surface area contributed by atoms with Gasteiger partial charge in [0.15, 0.2) is 11.6 Å². The van der Waals surface area contributed by atoms with Crippen molar-refractivity contribution in [1.82, 2.24) is 0 Å². The molecular weight excluding hydrogens is 414 g/mol. The fraction of sp³-hybridized carbons (Fsp3) is 0.0714. The lowest BCUT2D eigenvalue weighted by molar-refractivity contribution is 0.0979. The smallest absolute Gasteiger partial charge is 0.196 e. The Labute approximate surface area is 191 Å². The molecule has 4 aromatic carbocycles. The highest BCUT2D eigenvalue weighted by Gasteiger charge is 2.31. The van der Waals surface area contributed by atoms with Crippen molar-refractivity contribution in [3.05, 3.63) is 118 Å². The van der Waals surface area contributed by atoms with Crippen molar-refractivity contribution in [1.29, 1.82) is 0 Å². The maximum atomic E-state index is 13.2. The first-order valence-corrected chi connectivity index (χ1v) is 10.7. The molecular formula is C28H21NO4. The third kappa shape index (κ3) is 3.85. The van der Waals surface area contributed by atoms with E-state index in [9.17, 15) is 19.8 Å². The molecule has 5 rings (SSSR count). The summed E-state index contributed by atoms with van der Waals surface area (Å²) < 4.78 is 0. The lowest BCUT2D eigenvalue weighted by Crippen LogP contribution is -2.22. The molecule has 162 valence electrons. The molecule has 0 saturated carbocycles. The van der Waals surface area contributed by atoms with E-state index in [1.165, 1.54) is 12.1 Å². The third-order valence-electron chi connectivity index (χ3n) is 5.93. The first-order valence-electron chi connectivity index (χ1n) is 10.7. The minimum absolute atomic E-state index is 0.129. The molecule has 1 aliphatic rings.